The van der Waals surface area contributed by atoms with Crippen LogP contribution < -0.4 is 5.32 Å². The number of allylic oxidation sites excluding steroid dienone is 1. The van der Waals surface area contributed by atoms with Crippen LogP contribution in [-0.2, 0) is 11.8 Å². The van der Waals surface area contributed by atoms with Gasteiger partial charge in [-0.15, -0.1) is 0 Å². The molecule has 0 bridgehead atoms. The summed E-state index contributed by atoms with van der Waals surface area (Å²) in [7, 11) is 0. The lowest BCUT2D eigenvalue weighted by Gasteiger charge is -2.23. The first-order valence-corrected chi connectivity index (χ1v) is 12.8. The summed E-state index contributed by atoms with van der Waals surface area (Å²) in [6.45, 7) is 6.78. The zero-order chi connectivity index (χ0) is 24.7. The first-order valence-electron chi connectivity index (χ1n) is 12.8. The van der Waals surface area contributed by atoms with Gasteiger partial charge in [-0.05, 0) is 77.4 Å². The Balaban J connectivity index is 1.34. The quantitative estimate of drug-likeness (QED) is 0.278. The predicted octanol–water partition coefficient (Wildman–Crippen LogP) is 9.16. The minimum atomic E-state index is 0.0904. The molecular formula is C34H32N2. The largest absolute Gasteiger partial charge is 0.355 e. The van der Waals surface area contributed by atoms with Crippen molar-refractivity contribution in [2.75, 3.05) is 5.32 Å². The van der Waals surface area contributed by atoms with Gasteiger partial charge in [-0.2, -0.15) is 0 Å². The molecule has 0 atom stereocenters. The highest BCUT2D eigenvalue weighted by molar-refractivity contribution is 5.98. The molecule has 5 aromatic rings. The molecule has 1 heterocycles. The predicted molar refractivity (Wildman–Crippen MR) is 154 cm³/mol. The molecular weight excluding hydrogens is 436 g/mol. The van der Waals surface area contributed by atoms with Gasteiger partial charge in [0.25, 0.3) is 0 Å². The second-order valence-electron chi connectivity index (χ2n) is 10.7. The van der Waals surface area contributed by atoms with Crippen molar-refractivity contribution in [3.05, 3.63) is 126 Å². The fraction of sp³-hybridized carbons (Fsp3) is 0.176. The molecule has 1 aliphatic carbocycles. The fourth-order valence-electron chi connectivity index (χ4n) is 5.49. The zero-order valence-corrected chi connectivity index (χ0v) is 21.3. The van der Waals surface area contributed by atoms with E-state index in [1.807, 2.05) is 0 Å². The number of anilines is 2. The third-order valence-corrected chi connectivity index (χ3v) is 7.25. The third-order valence-electron chi connectivity index (χ3n) is 7.25. The number of benzene rings is 4. The maximum atomic E-state index is 3.65. The summed E-state index contributed by atoms with van der Waals surface area (Å²) in [5.74, 6) is 0. The Morgan fingerprint density at radius 2 is 1.39 bits per heavy atom. The minimum Gasteiger partial charge on any atom is -0.355 e. The molecule has 1 aliphatic rings. The maximum Gasteiger partial charge on any atom is 0.0537 e. The van der Waals surface area contributed by atoms with Gasteiger partial charge >= 0.3 is 0 Å². The summed E-state index contributed by atoms with van der Waals surface area (Å²) in [6.07, 6.45) is 4.48. The zero-order valence-electron chi connectivity index (χ0n) is 21.3. The molecule has 36 heavy (non-hydrogen) atoms. The van der Waals surface area contributed by atoms with Crippen molar-refractivity contribution in [2.45, 2.75) is 39.0 Å². The molecule has 1 N–H and O–H groups in total. The van der Waals surface area contributed by atoms with Crippen LogP contribution in [0.1, 0.15) is 49.6 Å². The summed E-state index contributed by atoms with van der Waals surface area (Å²) < 4.78 is 2.44. The number of para-hydroxylation sites is 3. The van der Waals surface area contributed by atoms with Gasteiger partial charge in [0.2, 0.25) is 0 Å². The first-order chi connectivity index (χ1) is 17.5. The SMILES string of the molecule is CC(C)(C)c1ccccc1Nc1ccc(C2=Cc3c(n(-c4ccccc4)c4ccccc34)CC2)cc1. The topological polar surface area (TPSA) is 17.0 Å². The van der Waals surface area contributed by atoms with Crippen LogP contribution in [0.2, 0.25) is 0 Å². The Bertz CT molecular complexity index is 1560. The minimum absolute atomic E-state index is 0.0904. The van der Waals surface area contributed by atoms with Crippen molar-refractivity contribution >= 4 is 33.9 Å². The Morgan fingerprint density at radius 1 is 0.694 bits per heavy atom. The number of aromatic nitrogens is 1. The van der Waals surface area contributed by atoms with Gasteiger partial charge in [0, 0.05) is 33.7 Å². The number of hydrogen-bond donors (Lipinski definition) is 1. The van der Waals surface area contributed by atoms with Crippen molar-refractivity contribution in [3.63, 3.8) is 0 Å². The van der Waals surface area contributed by atoms with E-state index in [0.717, 1.165) is 18.5 Å². The molecule has 0 aliphatic heterocycles. The molecule has 0 unspecified atom stereocenters. The van der Waals surface area contributed by atoms with E-state index in [2.05, 4.69) is 140 Å². The molecule has 4 aromatic carbocycles. The highest BCUT2D eigenvalue weighted by Gasteiger charge is 2.22. The Kier molecular flexibility index (Phi) is 5.53. The van der Waals surface area contributed by atoms with E-state index in [1.165, 1.54) is 50.2 Å². The van der Waals surface area contributed by atoms with Crippen molar-refractivity contribution in [1.82, 2.24) is 4.57 Å². The molecule has 0 fully saturated rings. The molecule has 0 amide bonds. The Morgan fingerprint density at radius 3 is 2.17 bits per heavy atom. The highest BCUT2D eigenvalue weighted by atomic mass is 15.0. The van der Waals surface area contributed by atoms with E-state index in [4.69, 9.17) is 0 Å². The molecule has 0 spiro atoms. The van der Waals surface area contributed by atoms with Crippen LogP contribution in [0.3, 0.4) is 0 Å². The van der Waals surface area contributed by atoms with Gasteiger partial charge in [0.05, 0.1) is 5.52 Å². The number of nitrogens with zero attached hydrogens (tertiary/aromatic N) is 1. The van der Waals surface area contributed by atoms with Crippen molar-refractivity contribution in [3.8, 4) is 5.69 Å². The molecule has 0 saturated heterocycles. The summed E-state index contributed by atoms with van der Waals surface area (Å²) in [6, 6.07) is 37.1. The Labute approximate surface area is 213 Å². The van der Waals surface area contributed by atoms with Crippen molar-refractivity contribution in [1.29, 1.82) is 0 Å². The van der Waals surface area contributed by atoms with Crippen LogP contribution in [0.5, 0.6) is 0 Å². The van der Waals surface area contributed by atoms with E-state index in [0.29, 0.717) is 0 Å². The van der Waals surface area contributed by atoms with Gasteiger partial charge in [-0.25, -0.2) is 0 Å². The standard InChI is InChI=1S/C34H32N2/c1-34(2,3)30-14-8-9-15-31(30)35-26-20-17-24(18-21-26)25-19-22-33-29(23-25)28-13-7-10-16-32(28)36(33)27-11-5-4-6-12-27/h4-18,20-21,23,35H,19,22H2,1-3H3. The Hall–Kier alpha value is -4.04. The van der Waals surface area contributed by atoms with Gasteiger partial charge in [-0.3, -0.25) is 0 Å². The van der Waals surface area contributed by atoms with Crippen LogP contribution in [0, 0.1) is 0 Å². The lowest BCUT2D eigenvalue weighted by atomic mass is 9.86. The van der Waals surface area contributed by atoms with Crippen LogP contribution >= 0.6 is 0 Å². The van der Waals surface area contributed by atoms with Crippen LogP contribution in [0.4, 0.5) is 11.4 Å². The summed E-state index contributed by atoms with van der Waals surface area (Å²) in [5.41, 5.74) is 11.7. The smallest absolute Gasteiger partial charge is 0.0537 e. The molecule has 1 aromatic heterocycles. The highest BCUT2D eigenvalue weighted by Crippen LogP contribution is 2.39. The molecule has 0 radical (unpaired) electrons. The molecule has 6 rings (SSSR count). The van der Waals surface area contributed by atoms with Crippen LogP contribution in [0.15, 0.2) is 103 Å². The molecule has 178 valence electrons. The summed E-state index contributed by atoms with van der Waals surface area (Å²) in [4.78, 5) is 0. The van der Waals surface area contributed by atoms with Crippen molar-refractivity contribution < 1.29 is 0 Å². The third kappa shape index (κ3) is 4.03. The number of hydrogen-bond acceptors (Lipinski definition) is 1. The lowest BCUT2D eigenvalue weighted by molar-refractivity contribution is 0.592. The first kappa shape index (κ1) is 22.4. The second-order valence-corrected chi connectivity index (χ2v) is 10.7. The van der Waals surface area contributed by atoms with E-state index >= 15 is 0 Å². The van der Waals surface area contributed by atoms with Crippen LogP contribution in [0.25, 0.3) is 28.2 Å². The average molecular weight is 469 g/mol. The number of rotatable bonds is 4. The van der Waals surface area contributed by atoms with Crippen molar-refractivity contribution in [2.24, 2.45) is 0 Å². The van der Waals surface area contributed by atoms with Crippen LogP contribution in [-0.4, -0.2) is 4.57 Å². The second kappa shape index (κ2) is 8.87. The lowest BCUT2D eigenvalue weighted by Crippen LogP contribution is -2.13. The van der Waals surface area contributed by atoms with Gasteiger partial charge in [-0.1, -0.05) is 87.5 Å². The normalized spacial score (nSPS) is 13.4. The van der Waals surface area contributed by atoms with E-state index in [1.54, 1.807) is 0 Å². The summed E-state index contributed by atoms with van der Waals surface area (Å²) in [5, 5.41) is 4.97. The van der Waals surface area contributed by atoms with Gasteiger partial charge in [0.1, 0.15) is 0 Å². The maximum absolute atomic E-state index is 3.65. The summed E-state index contributed by atoms with van der Waals surface area (Å²) >= 11 is 0. The molecule has 2 heteroatoms. The van der Waals surface area contributed by atoms with Gasteiger partial charge in [0.15, 0.2) is 0 Å². The van der Waals surface area contributed by atoms with E-state index in [9.17, 15) is 0 Å². The van der Waals surface area contributed by atoms with E-state index < -0.39 is 0 Å². The number of nitrogens with one attached hydrogen (secondary N) is 1. The van der Waals surface area contributed by atoms with Gasteiger partial charge < -0.3 is 9.88 Å². The number of fused-ring (bicyclic) bond motifs is 3. The fourth-order valence-corrected chi connectivity index (χ4v) is 5.49. The van der Waals surface area contributed by atoms with E-state index in [-0.39, 0.29) is 5.41 Å². The molecule has 2 nitrogen and oxygen atoms in total. The molecule has 0 saturated carbocycles. The monoisotopic (exact) mass is 468 g/mol. The average Bonchev–Trinajstić information content (AvgIpc) is 3.23.